The van der Waals surface area contributed by atoms with Gasteiger partial charge in [-0.3, -0.25) is 9.59 Å². The first-order chi connectivity index (χ1) is 16.0. The molecule has 2 aromatic rings. The summed E-state index contributed by atoms with van der Waals surface area (Å²) in [6.45, 7) is 5.10. The highest BCUT2D eigenvalue weighted by molar-refractivity contribution is 5.86. The van der Waals surface area contributed by atoms with Crippen LogP contribution in [-0.2, 0) is 9.59 Å². The van der Waals surface area contributed by atoms with Gasteiger partial charge in [-0.1, -0.05) is 42.5 Å². The van der Waals surface area contributed by atoms with Gasteiger partial charge in [0.1, 0.15) is 5.82 Å². The predicted molar refractivity (Wildman–Crippen MR) is 125 cm³/mol. The van der Waals surface area contributed by atoms with E-state index in [1.54, 1.807) is 0 Å². The Morgan fingerprint density at radius 3 is 2.52 bits per heavy atom. The first kappa shape index (κ1) is 22.1. The van der Waals surface area contributed by atoms with Crippen LogP contribution in [0.4, 0.5) is 4.39 Å². The molecule has 2 N–H and O–H groups in total. The van der Waals surface area contributed by atoms with E-state index in [1.165, 1.54) is 17.7 Å². The molecule has 1 spiro atoms. The summed E-state index contributed by atoms with van der Waals surface area (Å²) in [4.78, 5) is 27.9. The van der Waals surface area contributed by atoms with Gasteiger partial charge in [-0.05, 0) is 68.5 Å². The number of amides is 2. The number of hydrogen-bond acceptors (Lipinski definition) is 3. The maximum atomic E-state index is 13.4. The molecule has 6 heteroatoms. The van der Waals surface area contributed by atoms with E-state index in [2.05, 4.69) is 34.6 Å². The summed E-state index contributed by atoms with van der Waals surface area (Å²) < 4.78 is 13.4. The third-order valence-corrected chi connectivity index (χ3v) is 7.88. The first-order valence-electron chi connectivity index (χ1n) is 12.1. The fraction of sp³-hybridized carbons (Fsp3) is 0.481. The summed E-state index contributed by atoms with van der Waals surface area (Å²) in [7, 11) is 0. The van der Waals surface area contributed by atoms with Crippen LogP contribution >= 0.6 is 0 Å². The van der Waals surface area contributed by atoms with Crippen molar-refractivity contribution in [1.29, 1.82) is 0 Å². The number of carbonyl (C=O) groups excluding carboxylic acids is 2. The number of likely N-dealkylation sites (tertiary alicyclic amines) is 1. The van der Waals surface area contributed by atoms with E-state index in [0.29, 0.717) is 12.5 Å². The van der Waals surface area contributed by atoms with Gasteiger partial charge < -0.3 is 15.5 Å². The van der Waals surface area contributed by atoms with Gasteiger partial charge >= 0.3 is 0 Å². The molecule has 1 saturated carbocycles. The van der Waals surface area contributed by atoms with E-state index >= 15 is 0 Å². The van der Waals surface area contributed by atoms with Gasteiger partial charge in [0.15, 0.2) is 0 Å². The van der Waals surface area contributed by atoms with Gasteiger partial charge in [0.2, 0.25) is 11.8 Å². The summed E-state index contributed by atoms with van der Waals surface area (Å²) in [6.07, 6.45) is 2.48. The Labute approximate surface area is 194 Å². The van der Waals surface area contributed by atoms with Crippen LogP contribution in [0.1, 0.15) is 49.1 Å². The van der Waals surface area contributed by atoms with Crippen molar-refractivity contribution in [3.8, 4) is 0 Å². The zero-order valence-electron chi connectivity index (χ0n) is 19.1. The monoisotopic (exact) mass is 449 g/mol. The molecule has 2 saturated heterocycles. The summed E-state index contributed by atoms with van der Waals surface area (Å²) >= 11 is 0. The van der Waals surface area contributed by atoms with E-state index < -0.39 is 5.41 Å². The lowest BCUT2D eigenvalue weighted by molar-refractivity contribution is -0.130. The van der Waals surface area contributed by atoms with Crippen LogP contribution in [0.5, 0.6) is 0 Å². The van der Waals surface area contributed by atoms with E-state index in [9.17, 15) is 14.0 Å². The van der Waals surface area contributed by atoms with E-state index in [4.69, 9.17) is 0 Å². The van der Waals surface area contributed by atoms with Crippen LogP contribution in [-0.4, -0.2) is 48.9 Å². The average molecular weight is 450 g/mol. The van der Waals surface area contributed by atoms with Crippen LogP contribution < -0.4 is 10.6 Å². The summed E-state index contributed by atoms with van der Waals surface area (Å²) in [5.41, 5.74) is 1.86. The van der Waals surface area contributed by atoms with Crippen molar-refractivity contribution in [1.82, 2.24) is 15.5 Å². The lowest BCUT2D eigenvalue weighted by Crippen LogP contribution is -2.50. The Bertz CT molecular complexity index is 1000. The van der Waals surface area contributed by atoms with Gasteiger partial charge in [-0.15, -0.1) is 0 Å². The highest BCUT2D eigenvalue weighted by Gasteiger charge is 2.52. The molecule has 3 aliphatic rings. The van der Waals surface area contributed by atoms with E-state index in [1.807, 2.05) is 30.3 Å². The Balaban J connectivity index is 1.14. The second-order valence-electron chi connectivity index (χ2n) is 10.0. The van der Waals surface area contributed by atoms with Crippen LogP contribution in [0.15, 0.2) is 54.6 Å². The molecule has 2 unspecified atom stereocenters. The van der Waals surface area contributed by atoms with Crippen molar-refractivity contribution in [3.05, 3.63) is 71.5 Å². The molecule has 174 valence electrons. The number of rotatable bonds is 6. The maximum absolute atomic E-state index is 13.4. The third-order valence-electron chi connectivity index (χ3n) is 7.88. The lowest BCUT2D eigenvalue weighted by Gasteiger charge is -2.41. The molecular weight excluding hydrogens is 417 g/mol. The second-order valence-corrected chi connectivity index (χ2v) is 10.0. The third kappa shape index (κ3) is 4.41. The molecule has 3 fully saturated rings. The number of piperidine rings is 1. The van der Waals surface area contributed by atoms with Gasteiger partial charge in [0, 0.05) is 31.0 Å². The molecule has 0 aromatic heterocycles. The van der Waals surface area contributed by atoms with Crippen molar-refractivity contribution < 1.29 is 14.0 Å². The molecule has 2 aliphatic heterocycles. The standard InChI is InChI=1S/C27H32FN3O2/c1-18(30-25(32)23-15-22(23)19-5-3-2-4-6-19)17-31-13-11-27(12-14-31)24(16-29-26(27)33)20-7-9-21(28)10-8-20/h2-10,18,22-24H,11-17H2,1H3,(H,29,33)(H,30,32)/t18-,22?,23?,24-/m0/s1. The fourth-order valence-electron chi connectivity index (χ4n) is 5.90. The molecule has 33 heavy (non-hydrogen) atoms. The minimum Gasteiger partial charge on any atom is -0.355 e. The number of hydrogen-bond donors (Lipinski definition) is 2. The number of nitrogens with zero attached hydrogens (tertiary/aromatic N) is 1. The molecule has 2 amide bonds. The van der Waals surface area contributed by atoms with Crippen molar-refractivity contribution >= 4 is 11.8 Å². The lowest BCUT2D eigenvalue weighted by atomic mass is 9.68. The number of carbonyl (C=O) groups is 2. The van der Waals surface area contributed by atoms with Crippen molar-refractivity contribution in [2.24, 2.45) is 11.3 Å². The molecule has 2 aromatic carbocycles. The van der Waals surface area contributed by atoms with Crippen molar-refractivity contribution in [2.75, 3.05) is 26.2 Å². The average Bonchev–Trinajstić information content (AvgIpc) is 3.57. The van der Waals surface area contributed by atoms with Crippen molar-refractivity contribution in [3.63, 3.8) is 0 Å². The quantitative estimate of drug-likeness (QED) is 0.710. The Kier molecular flexibility index (Phi) is 5.95. The normalized spacial score (nSPS) is 27.2. The van der Waals surface area contributed by atoms with Crippen molar-refractivity contribution in [2.45, 2.75) is 44.1 Å². The Morgan fingerprint density at radius 2 is 1.82 bits per heavy atom. The minimum absolute atomic E-state index is 0.0638. The zero-order chi connectivity index (χ0) is 23.0. The Hall–Kier alpha value is -2.73. The van der Waals surface area contributed by atoms with Crippen LogP contribution in [0.2, 0.25) is 0 Å². The number of nitrogens with one attached hydrogen (secondary N) is 2. The van der Waals surface area contributed by atoms with E-state index in [0.717, 1.165) is 44.5 Å². The van der Waals surface area contributed by atoms with Crippen LogP contribution in [0, 0.1) is 17.2 Å². The second kappa shape index (κ2) is 8.90. The van der Waals surface area contributed by atoms with E-state index in [-0.39, 0.29) is 35.5 Å². The molecule has 1 aliphatic carbocycles. The Morgan fingerprint density at radius 1 is 1.12 bits per heavy atom. The summed E-state index contributed by atoms with van der Waals surface area (Å²) in [6, 6.07) is 16.9. The van der Waals surface area contributed by atoms with Gasteiger partial charge in [0.05, 0.1) is 5.41 Å². The van der Waals surface area contributed by atoms with Crippen LogP contribution in [0.3, 0.4) is 0 Å². The highest BCUT2D eigenvalue weighted by Crippen LogP contribution is 2.48. The smallest absolute Gasteiger partial charge is 0.227 e. The molecule has 5 nitrogen and oxygen atoms in total. The van der Waals surface area contributed by atoms with Crippen LogP contribution in [0.25, 0.3) is 0 Å². The number of halogens is 1. The van der Waals surface area contributed by atoms with Gasteiger partial charge in [-0.25, -0.2) is 4.39 Å². The molecule has 5 rings (SSSR count). The molecule has 4 atom stereocenters. The number of benzene rings is 2. The summed E-state index contributed by atoms with van der Waals surface area (Å²) in [5.74, 6) is 0.525. The van der Waals surface area contributed by atoms with Gasteiger partial charge in [0.25, 0.3) is 0 Å². The zero-order valence-corrected chi connectivity index (χ0v) is 19.1. The summed E-state index contributed by atoms with van der Waals surface area (Å²) in [5, 5.41) is 6.26. The molecule has 2 heterocycles. The largest absolute Gasteiger partial charge is 0.355 e. The minimum atomic E-state index is -0.419. The topological polar surface area (TPSA) is 61.4 Å². The first-order valence-corrected chi connectivity index (χ1v) is 12.1. The van der Waals surface area contributed by atoms with Gasteiger partial charge in [-0.2, -0.15) is 0 Å². The maximum Gasteiger partial charge on any atom is 0.227 e. The molecule has 0 radical (unpaired) electrons. The fourth-order valence-corrected chi connectivity index (χ4v) is 5.90. The predicted octanol–water partition coefficient (Wildman–Crippen LogP) is 3.43. The SMILES string of the molecule is C[C@@H](CN1CCC2(CC1)C(=O)NC[C@H]2c1ccc(F)cc1)NC(=O)C1CC1c1ccccc1. The molecular formula is C27H32FN3O2. The highest BCUT2D eigenvalue weighted by atomic mass is 19.1. The molecule has 0 bridgehead atoms.